The molecule has 0 N–H and O–H groups in total. The van der Waals surface area contributed by atoms with E-state index < -0.39 is 11.6 Å². The minimum absolute atomic E-state index is 0.0922. The quantitative estimate of drug-likeness (QED) is 0.679. The van der Waals surface area contributed by atoms with Crippen molar-refractivity contribution in [1.82, 2.24) is 0 Å². The summed E-state index contributed by atoms with van der Waals surface area (Å²) >= 11 is 0. The molecule has 0 saturated carbocycles. The van der Waals surface area contributed by atoms with Crippen LogP contribution in [0.2, 0.25) is 0 Å². The van der Waals surface area contributed by atoms with Crippen molar-refractivity contribution < 1.29 is 18.3 Å². The third kappa shape index (κ3) is 1.95. The van der Waals surface area contributed by atoms with Crippen LogP contribution in [0.4, 0.5) is 4.39 Å². The molecular formula is C16H11FO3. The van der Waals surface area contributed by atoms with Crippen LogP contribution in [-0.4, -0.2) is 12.9 Å². The molecule has 3 nitrogen and oxygen atoms in total. The number of rotatable bonds is 3. The zero-order chi connectivity index (χ0) is 14.1. The van der Waals surface area contributed by atoms with Gasteiger partial charge in [0.1, 0.15) is 22.7 Å². The molecule has 3 aromatic rings. The minimum atomic E-state index is -0.630. The highest BCUT2D eigenvalue weighted by Crippen LogP contribution is 2.27. The Kier molecular flexibility index (Phi) is 2.99. The number of ketones is 1. The van der Waals surface area contributed by atoms with Gasteiger partial charge in [0.25, 0.3) is 0 Å². The fourth-order valence-electron chi connectivity index (χ4n) is 2.11. The summed E-state index contributed by atoms with van der Waals surface area (Å²) in [6.45, 7) is 0. The van der Waals surface area contributed by atoms with E-state index in [9.17, 15) is 9.18 Å². The molecule has 0 unspecified atom stereocenters. The van der Waals surface area contributed by atoms with Crippen molar-refractivity contribution in [2.75, 3.05) is 7.11 Å². The highest BCUT2D eigenvalue weighted by atomic mass is 19.1. The standard InChI is InChI=1S/C16H11FO3/c1-19-13-8-4-6-11(17)15(13)16(18)14-9-10-5-2-3-7-12(10)20-14/h2-9H,1H3. The first-order valence-electron chi connectivity index (χ1n) is 6.06. The predicted molar refractivity (Wildman–Crippen MR) is 72.6 cm³/mol. The highest BCUT2D eigenvalue weighted by molar-refractivity contribution is 6.10. The number of benzene rings is 2. The maximum absolute atomic E-state index is 13.9. The normalized spacial score (nSPS) is 10.7. The van der Waals surface area contributed by atoms with E-state index in [2.05, 4.69) is 0 Å². The van der Waals surface area contributed by atoms with Gasteiger partial charge in [-0.05, 0) is 24.3 Å². The lowest BCUT2D eigenvalue weighted by molar-refractivity contribution is 0.100. The van der Waals surface area contributed by atoms with Crippen LogP contribution in [0.25, 0.3) is 11.0 Å². The first-order chi connectivity index (χ1) is 9.70. The van der Waals surface area contributed by atoms with E-state index in [0.717, 1.165) is 5.39 Å². The number of para-hydroxylation sites is 1. The van der Waals surface area contributed by atoms with E-state index in [0.29, 0.717) is 5.58 Å². The van der Waals surface area contributed by atoms with Gasteiger partial charge in [0.15, 0.2) is 5.76 Å². The lowest BCUT2D eigenvalue weighted by Gasteiger charge is -2.06. The Bertz CT molecular complexity index is 756. The van der Waals surface area contributed by atoms with E-state index >= 15 is 0 Å². The van der Waals surface area contributed by atoms with Crippen LogP contribution in [-0.2, 0) is 0 Å². The number of carbonyl (C=O) groups is 1. The predicted octanol–water partition coefficient (Wildman–Crippen LogP) is 3.81. The molecule has 4 heteroatoms. The largest absolute Gasteiger partial charge is 0.496 e. The maximum Gasteiger partial charge on any atom is 0.234 e. The molecule has 1 aromatic heterocycles. The summed E-state index contributed by atoms with van der Waals surface area (Å²) in [6.07, 6.45) is 0. The van der Waals surface area contributed by atoms with Crippen molar-refractivity contribution in [2.45, 2.75) is 0 Å². The number of halogens is 1. The molecule has 20 heavy (non-hydrogen) atoms. The van der Waals surface area contributed by atoms with E-state index in [1.165, 1.54) is 19.2 Å². The van der Waals surface area contributed by atoms with Crippen LogP contribution in [0.15, 0.2) is 52.9 Å². The van der Waals surface area contributed by atoms with Crippen molar-refractivity contribution in [3.05, 3.63) is 65.7 Å². The third-order valence-electron chi connectivity index (χ3n) is 3.07. The van der Waals surface area contributed by atoms with Gasteiger partial charge in [0.2, 0.25) is 5.78 Å². The Hall–Kier alpha value is -2.62. The molecule has 100 valence electrons. The second-order valence-corrected chi connectivity index (χ2v) is 4.29. The van der Waals surface area contributed by atoms with Crippen LogP contribution >= 0.6 is 0 Å². The summed E-state index contributed by atoms with van der Waals surface area (Å²) in [4.78, 5) is 12.4. The molecule has 0 atom stereocenters. The Morgan fingerprint density at radius 2 is 1.95 bits per heavy atom. The molecule has 0 fully saturated rings. The summed E-state index contributed by atoms with van der Waals surface area (Å²) in [5.41, 5.74) is 0.472. The van der Waals surface area contributed by atoms with Crippen molar-refractivity contribution in [2.24, 2.45) is 0 Å². The Morgan fingerprint density at radius 3 is 2.70 bits per heavy atom. The van der Waals surface area contributed by atoms with Crippen LogP contribution in [0.5, 0.6) is 5.75 Å². The third-order valence-corrected chi connectivity index (χ3v) is 3.07. The van der Waals surface area contributed by atoms with E-state index in [1.807, 2.05) is 18.2 Å². The van der Waals surface area contributed by atoms with Crippen LogP contribution < -0.4 is 4.74 Å². The summed E-state index contributed by atoms with van der Waals surface area (Å²) < 4.78 is 24.4. The van der Waals surface area contributed by atoms with Gasteiger partial charge in [0, 0.05) is 5.39 Å². The molecule has 2 aromatic carbocycles. The zero-order valence-electron chi connectivity index (χ0n) is 10.7. The topological polar surface area (TPSA) is 39.4 Å². The number of methoxy groups -OCH3 is 1. The molecule has 1 heterocycles. The van der Waals surface area contributed by atoms with Crippen LogP contribution in [0, 0.1) is 5.82 Å². The SMILES string of the molecule is COc1cccc(F)c1C(=O)c1cc2ccccc2o1. The van der Waals surface area contributed by atoms with Gasteiger partial charge in [-0.1, -0.05) is 24.3 Å². The average molecular weight is 270 g/mol. The smallest absolute Gasteiger partial charge is 0.234 e. The molecule has 0 saturated heterocycles. The van der Waals surface area contributed by atoms with Crippen molar-refractivity contribution >= 4 is 16.8 Å². The molecule has 0 amide bonds. The molecular weight excluding hydrogens is 259 g/mol. The fraction of sp³-hybridized carbons (Fsp3) is 0.0625. The molecule has 0 aliphatic carbocycles. The van der Waals surface area contributed by atoms with Gasteiger partial charge in [-0.25, -0.2) is 4.39 Å². The first-order valence-corrected chi connectivity index (χ1v) is 6.06. The molecule has 0 radical (unpaired) electrons. The molecule has 0 aliphatic heterocycles. The monoisotopic (exact) mass is 270 g/mol. The number of hydrogen-bond donors (Lipinski definition) is 0. The van der Waals surface area contributed by atoms with Gasteiger partial charge >= 0.3 is 0 Å². The van der Waals surface area contributed by atoms with E-state index in [4.69, 9.17) is 9.15 Å². The zero-order valence-corrected chi connectivity index (χ0v) is 10.7. The minimum Gasteiger partial charge on any atom is -0.496 e. The molecule has 0 aliphatic rings. The number of hydrogen-bond acceptors (Lipinski definition) is 3. The summed E-state index contributed by atoms with van der Waals surface area (Å²) in [7, 11) is 1.39. The molecule has 0 spiro atoms. The van der Waals surface area contributed by atoms with Crippen LogP contribution in [0.3, 0.4) is 0 Å². The first kappa shape index (κ1) is 12.4. The number of furan rings is 1. The molecule has 3 rings (SSSR count). The highest BCUT2D eigenvalue weighted by Gasteiger charge is 2.22. The number of carbonyl (C=O) groups excluding carboxylic acids is 1. The van der Waals surface area contributed by atoms with Crippen LogP contribution in [0.1, 0.15) is 16.1 Å². The second-order valence-electron chi connectivity index (χ2n) is 4.29. The lowest BCUT2D eigenvalue weighted by atomic mass is 10.1. The summed E-state index contributed by atoms with van der Waals surface area (Å²) in [5, 5.41) is 0.797. The summed E-state index contributed by atoms with van der Waals surface area (Å²) in [6, 6.07) is 13.1. The van der Waals surface area contributed by atoms with Gasteiger partial charge < -0.3 is 9.15 Å². The average Bonchev–Trinajstić information content (AvgIpc) is 2.90. The van der Waals surface area contributed by atoms with Crippen molar-refractivity contribution in [3.8, 4) is 5.75 Å². The van der Waals surface area contributed by atoms with Gasteiger partial charge in [0.05, 0.1) is 7.11 Å². The Morgan fingerprint density at radius 1 is 1.15 bits per heavy atom. The van der Waals surface area contributed by atoms with Gasteiger partial charge in [-0.2, -0.15) is 0 Å². The maximum atomic E-state index is 13.9. The number of ether oxygens (including phenoxy) is 1. The van der Waals surface area contributed by atoms with Gasteiger partial charge in [-0.3, -0.25) is 4.79 Å². The molecule has 0 bridgehead atoms. The Balaban J connectivity index is 2.13. The lowest BCUT2D eigenvalue weighted by Crippen LogP contribution is -2.05. The van der Waals surface area contributed by atoms with Gasteiger partial charge in [-0.15, -0.1) is 0 Å². The van der Waals surface area contributed by atoms with Crippen molar-refractivity contribution in [1.29, 1.82) is 0 Å². The van der Waals surface area contributed by atoms with Crippen molar-refractivity contribution in [3.63, 3.8) is 0 Å². The second kappa shape index (κ2) is 4.81. The van der Waals surface area contributed by atoms with E-state index in [-0.39, 0.29) is 17.1 Å². The summed E-state index contributed by atoms with van der Waals surface area (Å²) in [5.74, 6) is -0.879. The van der Waals surface area contributed by atoms with E-state index in [1.54, 1.807) is 18.2 Å². The number of fused-ring (bicyclic) bond motifs is 1. The Labute approximate surface area is 114 Å². The fourth-order valence-corrected chi connectivity index (χ4v) is 2.11.